The number of nitrogens with two attached hydrogens (primary N) is 1. The van der Waals surface area contributed by atoms with E-state index in [0.717, 1.165) is 11.8 Å². The van der Waals surface area contributed by atoms with Crippen LogP contribution in [0.15, 0.2) is 42.5 Å². The van der Waals surface area contributed by atoms with Gasteiger partial charge in [-0.15, -0.1) is 0 Å². The van der Waals surface area contributed by atoms with Gasteiger partial charge in [0.05, 0.1) is 5.69 Å². The van der Waals surface area contributed by atoms with Crippen molar-refractivity contribution >= 4 is 12.2 Å². The second-order valence-corrected chi connectivity index (χ2v) is 3.51. The molecule has 0 atom stereocenters. The van der Waals surface area contributed by atoms with Crippen LogP contribution in [0.3, 0.4) is 0 Å². The summed E-state index contributed by atoms with van der Waals surface area (Å²) in [5, 5.41) is 0. The van der Waals surface area contributed by atoms with Crippen molar-refractivity contribution in [2.24, 2.45) is 5.73 Å². The molecule has 0 spiro atoms. The van der Waals surface area contributed by atoms with Crippen LogP contribution in [0.4, 0.5) is 0 Å². The quantitative estimate of drug-likeness (QED) is 0.809. The minimum Gasteiger partial charge on any atom is -0.364 e. The number of carbonyl (C=O) groups is 2. The Bertz CT molecular complexity index is 562. The minimum absolute atomic E-state index is 0.224. The lowest BCUT2D eigenvalue weighted by Gasteiger charge is -2.02. The maximum absolute atomic E-state index is 11.0. The molecule has 0 aliphatic heterocycles. The predicted molar refractivity (Wildman–Crippen MR) is 63.6 cm³/mol. The maximum Gasteiger partial charge on any atom is 0.267 e. The second-order valence-electron chi connectivity index (χ2n) is 3.51. The molecule has 17 heavy (non-hydrogen) atoms. The van der Waals surface area contributed by atoms with E-state index < -0.39 is 5.91 Å². The Morgan fingerprint density at radius 3 is 2.41 bits per heavy atom. The first-order valence-corrected chi connectivity index (χ1v) is 5.03. The second kappa shape index (κ2) is 4.57. The van der Waals surface area contributed by atoms with Crippen molar-refractivity contribution in [3.63, 3.8) is 0 Å². The molecule has 2 N–H and O–H groups in total. The van der Waals surface area contributed by atoms with Gasteiger partial charge in [-0.3, -0.25) is 9.59 Å². The Morgan fingerprint density at radius 2 is 1.82 bits per heavy atom. The normalized spacial score (nSPS) is 9.88. The maximum atomic E-state index is 11.0. The lowest BCUT2D eigenvalue weighted by atomic mass is 10.1. The van der Waals surface area contributed by atoms with Gasteiger partial charge in [0.15, 0.2) is 0 Å². The van der Waals surface area contributed by atoms with E-state index in [2.05, 4.69) is 4.98 Å². The molecule has 0 radical (unpaired) electrons. The Balaban J connectivity index is 2.41. The van der Waals surface area contributed by atoms with Crippen LogP contribution in [-0.2, 0) is 0 Å². The highest BCUT2D eigenvalue weighted by Crippen LogP contribution is 2.17. The highest BCUT2D eigenvalue weighted by molar-refractivity contribution is 5.91. The molecule has 1 heterocycles. The molecule has 0 fully saturated rings. The van der Waals surface area contributed by atoms with E-state index in [-0.39, 0.29) is 5.69 Å². The Hall–Kier alpha value is -2.49. The van der Waals surface area contributed by atoms with Crippen LogP contribution in [0.1, 0.15) is 20.8 Å². The van der Waals surface area contributed by atoms with Gasteiger partial charge in [0, 0.05) is 11.1 Å². The summed E-state index contributed by atoms with van der Waals surface area (Å²) in [4.78, 5) is 25.7. The molecule has 0 aliphatic carbocycles. The molecule has 0 aliphatic rings. The Morgan fingerprint density at radius 1 is 1.12 bits per heavy atom. The first-order valence-electron chi connectivity index (χ1n) is 5.03. The van der Waals surface area contributed by atoms with Crippen LogP contribution in [0, 0.1) is 0 Å². The molecule has 1 aromatic carbocycles. The van der Waals surface area contributed by atoms with Gasteiger partial charge in [-0.1, -0.05) is 30.3 Å². The van der Waals surface area contributed by atoms with E-state index in [1.165, 1.54) is 0 Å². The van der Waals surface area contributed by atoms with Crippen LogP contribution in [-0.4, -0.2) is 17.2 Å². The zero-order chi connectivity index (χ0) is 12.3. The van der Waals surface area contributed by atoms with Crippen molar-refractivity contribution in [3.05, 3.63) is 53.7 Å². The van der Waals surface area contributed by atoms with Crippen molar-refractivity contribution in [2.75, 3.05) is 0 Å². The van der Waals surface area contributed by atoms with E-state index in [1.54, 1.807) is 42.5 Å². The summed E-state index contributed by atoms with van der Waals surface area (Å²) in [6.45, 7) is 0. The first-order chi connectivity index (χ1) is 8.20. The third-order valence-corrected chi connectivity index (χ3v) is 2.34. The molecule has 4 nitrogen and oxygen atoms in total. The van der Waals surface area contributed by atoms with Crippen molar-refractivity contribution in [3.8, 4) is 11.3 Å². The number of hydrogen-bond donors (Lipinski definition) is 1. The molecule has 2 aromatic rings. The average molecular weight is 226 g/mol. The predicted octanol–water partition coefficient (Wildman–Crippen LogP) is 1.66. The number of hydrogen-bond acceptors (Lipinski definition) is 3. The number of aldehydes is 1. The molecule has 4 heteroatoms. The Labute approximate surface area is 98.1 Å². The lowest BCUT2D eigenvalue weighted by molar-refractivity contribution is 0.0995. The van der Waals surface area contributed by atoms with E-state index in [1.807, 2.05) is 0 Å². The van der Waals surface area contributed by atoms with E-state index in [0.29, 0.717) is 11.3 Å². The fraction of sp³-hybridized carbons (Fsp3) is 0. The van der Waals surface area contributed by atoms with Crippen molar-refractivity contribution in [1.82, 2.24) is 4.98 Å². The molecule has 0 saturated heterocycles. The van der Waals surface area contributed by atoms with Gasteiger partial charge in [0.25, 0.3) is 5.91 Å². The number of benzene rings is 1. The molecule has 0 bridgehead atoms. The van der Waals surface area contributed by atoms with Gasteiger partial charge in [-0.25, -0.2) is 4.98 Å². The summed E-state index contributed by atoms with van der Waals surface area (Å²) in [6, 6.07) is 12.0. The number of nitrogens with zero attached hydrogens (tertiary/aromatic N) is 1. The number of pyridine rings is 1. The van der Waals surface area contributed by atoms with Gasteiger partial charge in [-0.2, -0.15) is 0 Å². The molecule has 84 valence electrons. The standard InChI is InChI=1S/C13H10N2O2/c14-13(17)12-3-1-2-11(15-12)10-6-4-9(8-16)5-7-10/h1-8H,(H2,14,17). The molecule has 1 aromatic heterocycles. The molecule has 2 rings (SSSR count). The van der Waals surface area contributed by atoms with Gasteiger partial charge < -0.3 is 5.73 Å². The zero-order valence-corrected chi connectivity index (χ0v) is 8.96. The van der Waals surface area contributed by atoms with Gasteiger partial charge >= 0.3 is 0 Å². The highest BCUT2D eigenvalue weighted by atomic mass is 16.1. The summed E-state index contributed by atoms with van der Waals surface area (Å²) in [5.74, 6) is -0.559. The number of primary amides is 1. The number of amides is 1. The van der Waals surface area contributed by atoms with Crippen LogP contribution >= 0.6 is 0 Å². The monoisotopic (exact) mass is 226 g/mol. The van der Waals surface area contributed by atoms with Crippen LogP contribution in [0.2, 0.25) is 0 Å². The van der Waals surface area contributed by atoms with Crippen molar-refractivity contribution in [1.29, 1.82) is 0 Å². The summed E-state index contributed by atoms with van der Waals surface area (Å²) < 4.78 is 0. The minimum atomic E-state index is -0.559. The molecule has 1 amide bonds. The summed E-state index contributed by atoms with van der Waals surface area (Å²) in [7, 11) is 0. The highest BCUT2D eigenvalue weighted by Gasteiger charge is 2.04. The molecular formula is C13H10N2O2. The topological polar surface area (TPSA) is 73.1 Å². The number of carbonyl (C=O) groups excluding carboxylic acids is 2. The summed E-state index contributed by atoms with van der Waals surface area (Å²) >= 11 is 0. The van der Waals surface area contributed by atoms with E-state index >= 15 is 0 Å². The van der Waals surface area contributed by atoms with Gasteiger partial charge in [0.1, 0.15) is 12.0 Å². The van der Waals surface area contributed by atoms with Crippen LogP contribution < -0.4 is 5.73 Å². The fourth-order valence-corrected chi connectivity index (χ4v) is 1.47. The van der Waals surface area contributed by atoms with Crippen molar-refractivity contribution < 1.29 is 9.59 Å². The van der Waals surface area contributed by atoms with E-state index in [9.17, 15) is 9.59 Å². The summed E-state index contributed by atoms with van der Waals surface area (Å²) in [5.41, 5.74) is 7.46. The largest absolute Gasteiger partial charge is 0.364 e. The first kappa shape index (κ1) is 11.0. The SMILES string of the molecule is NC(=O)c1cccc(-c2ccc(C=O)cc2)n1. The van der Waals surface area contributed by atoms with E-state index in [4.69, 9.17) is 5.73 Å². The fourth-order valence-electron chi connectivity index (χ4n) is 1.47. The van der Waals surface area contributed by atoms with Crippen LogP contribution in [0.25, 0.3) is 11.3 Å². The molecular weight excluding hydrogens is 216 g/mol. The smallest absolute Gasteiger partial charge is 0.267 e. The Kier molecular flexibility index (Phi) is 2.96. The summed E-state index contributed by atoms with van der Waals surface area (Å²) in [6.07, 6.45) is 0.775. The van der Waals surface area contributed by atoms with Gasteiger partial charge in [0.2, 0.25) is 0 Å². The van der Waals surface area contributed by atoms with Crippen molar-refractivity contribution in [2.45, 2.75) is 0 Å². The molecule has 0 saturated carbocycles. The number of rotatable bonds is 3. The third-order valence-electron chi connectivity index (χ3n) is 2.34. The molecule has 0 unspecified atom stereocenters. The third kappa shape index (κ3) is 2.36. The average Bonchev–Trinajstić information content (AvgIpc) is 2.39. The van der Waals surface area contributed by atoms with Gasteiger partial charge in [-0.05, 0) is 12.1 Å². The number of aromatic nitrogens is 1. The zero-order valence-electron chi connectivity index (χ0n) is 8.96. The van der Waals surface area contributed by atoms with Crippen LogP contribution in [0.5, 0.6) is 0 Å². The lowest BCUT2D eigenvalue weighted by Crippen LogP contribution is -2.12.